The second-order valence-corrected chi connectivity index (χ2v) is 10.2. The number of nitrogens with zero attached hydrogens (tertiary/aromatic N) is 1. The van der Waals surface area contributed by atoms with Gasteiger partial charge in [0, 0.05) is 5.69 Å². The van der Waals surface area contributed by atoms with E-state index < -0.39 is 35.3 Å². The quantitative estimate of drug-likeness (QED) is 0.334. The summed E-state index contributed by atoms with van der Waals surface area (Å²) in [6.07, 6.45) is 10.1. The summed E-state index contributed by atoms with van der Waals surface area (Å²) in [5.74, 6) is -1.96. The van der Waals surface area contributed by atoms with Gasteiger partial charge in [0.1, 0.15) is 5.41 Å². The van der Waals surface area contributed by atoms with Crippen LogP contribution in [0, 0.1) is 23.2 Å². The second kappa shape index (κ2) is 11.3. The summed E-state index contributed by atoms with van der Waals surface area (Å²) in [7, 11) is 0. The lowest BCUT2D eigenvalue weighted by atomic mass is 9.71. The predicted octanol–water partition coefficient (Wildman–Crippen LogP) is 2.38. The van der Waals surface area contributed by atoms with E-state index in [1.165, 1.54) is 4.90 Å². The summed E-state index contributed by atoms with van der Waals surface area (Å²) >= 11 is 0. The van der Waals surface area contributed by atoms with Gasteiger partial charge in [-0.3, -0.25) is 14.5 Å². The van der Waals surface area contributed by atoms with Crippen molar-refractivity contribution in [2.75, 3.05) is 31.1 Å². The molecular weight excluding hydrogens is 460 g/mol. The zero-order valence-electron chi connectivity index (χ0n) is 20.4. The first-order valence-electron chi connectivity index (χ1n) is 12.7. The number of urea groups is 1. The molecule has 1 aliphatic carbocycles. The molecule has 2 aliphatic heterocycles. The SMILES string of the molecule is NC(=O)N(c1cccc(CC(C(=O)O)[C@H]2CCNC2)c1)C1C=CC=C[C@]1(CC[C@@H]1CCNC1)C(=O)O. The Labute approximate surface area is 211 Å². The molecule has 1 aromatic rings. The fraction of sp³-hybridized carbons (Fsp3) is 0.519. The average molecular weight is 497 g/mol. The number of anilines is 1. The first-order chi connectivity index (χ1) is 17.3. The van der Waals surface area contributed by atoms with E-state index in [2.05, 4.69) is 10.6 Å². The number of hydrogen-bond donors (Lipinski definition) is 5. The third-order valence-corrected chi connectivity index (χ3v) is 8.00. The van der Waals surface area contributed by atoms with Crippen LogP contribution in [0.25, 0.3) is 0 Å². The van der Waals surface area contributed by atoms with Gasteiger partial charge in [-0.2, -0.15) is 0 Å². The van der Waals surface area contributed by atoms with Crippen molar-refractivity contribution in [3.8, 4) is 0 Å². The third kappa shape index (κ3) is 5.47. The fourth-order valence-electron chi connectivity index (χ4n) is 5.91. The summed E-state index contributed by atoms with van der Waals surface area (Å²) in [6.45, 7) is 3.27. The molecule has 9 heteroatoms. The molecule has 6 N–H and O–H groups in total. The Balaban J connectivity index is 1.63. The van der Waals surface area contributed by atoms with E-state index >= 15 is 0 Å². The number of aliphatic carboxylic acids is 2. The van der Waals surface area contributed by atoms with E-state index in [0.717, 1.165) is 44.5 Å². The first-order valence-corrected chi connectivity index (χ1v) is 12.7. The Bertz CT molecular complexity index is 1030. The molecule has 2 fully saturated rings. The number of carbonyl (C=O) groups is 3. The van der Waals surface area contributed by atoms with Crippen molar-refractivity contribution < 1.29 is 24.6 Å². The van der Waals surface area contributed by atoms with Crippen LogP contribution in [0.4, 0.5) is 10.5 Å². The molecule has 3 aliphatic rings. The first kappa shape index (κ1) is 25.9. The average Bonchev–Trinajstić information content (AvgIpc) is 3.56. The molecule has 2 amide bonds. The standard InChI is InChI=1S/C27H36N4O5/c28-26(36)31(21-5-3-4-19(14-21)15-22(24(32)33)20-9-13-30-17-20)23-6-1-2-10-27(23,25(34)35)11-7-18-8-12-29-16-18/h1-6,10,14,18,20,22-23,29-30H,7-9,11-13,15-17H2,(H2,28,36)(H,32,33)(H,34,35)/t18-,20+,22?,23?,27-/m1/s1. The normalized spacial score (nSPS) is 28.2. The van der Waals surface area contributed by atoms with Crippen molar-refractivity contribution in [2.24, 2.45) is 28.9 Å². The topological polar surface area (TPSA) is 145 Å². The van der Waals surface area contributed by atoms with Crippen molar-refractivity contribution in [2.45, 2.75) is 38.1 Å². The number of nitrogens with two attached hydrogens (primary N) is 1. The highest BCUT2D eigenvalue weighted by Gasteiger charge is 2.48. The monoisotopic (exact) mass is 496 g/mol. The van der Waals surface area contributed by atoms with Crippen LogP contribution < -0.4 is 21.3 Å². The maximum Gasteiger partial charge on any atom is 0.319 e. The van der Waals surface area contributed by atoms with Crippen LogP contribution in [-0.2, 0) is 16.0 Å². The van der Waals surface area contributed by atoms with Gasteiger partial charge in [0.15, 0.2) is 0 Å². The Morgan fingerprint density at radius 1 is 1.11 bits per heavy atom. The van der Waals surface area contributed by atoms with E-state index in [1.807, 2.05) is 6.07 Å². The minimum absolute atomic E-state index is 0.0366. The van der Waals surface area contributed by atoms with Crippen LogP contribution >= 0.6 is 0 Å². The zero-order valence-corrected chi connectivity index (χ0v) is 20.4. The van der Waals surface area contributed by atoms with Gasteiger partial charge in [-0.25, -0.2) is 4.79 Å². The van der Waals surface area contributed by atoms with Gasteiger partial charge in [-0.05, 0) is 87.8 Å². The Hall–Kier alpha value is -3.17. The Kier molecular flexibility index (Phi) is 8.11. The van der Waals surface area contributed by atoms with Crippen LogP contribution in [0.5, 0.6) is 0 Å². The molecule has 0 saturated carbocycles. The molecule has 0 radical (unpaired) electrons. The molecule has 0 bridgehead atoms. The number of benzene rings is 1. The van der Waals surface area contributed by atoms with E-state index in [4.69, 9.17) is 5.73 Å². The highest BCUT2D eigenvalue weighted by atomic mass is 16.4. The molecular formula is C27H36N4O5. The number of amides is 2. The van der Waals surface area contributed by atoms with Crippen LogP contribution in [0.1, 0.15) is 31.2 Å². The molecule has 0 spiro atoms. The predicted molar refractivity (Wildman–Crippen MR) is 137 cm³/mol. The molecule has 36 heavy (non-hydrogen) atoms. The highest BCUT2D eigenvalue weighted by Crippen LogP contribution is 2.40. The van der Waals surface area contributed by atoms with E-state index in [0.29, 0.717) is 31.0 Å². The lowest BCUT2D eigenvalue weighted by molar-refractivity contribution is -0.147. The lowest BCUT2D eigenvalue weighted by Crippen LogP contribution is -2.55. The zero-order chi connectivity index (χ0) is 25.7. The summed E-state index contributed by atoms with van der Waals surface area (Å²) in [6, 6.07) is 5.54. The maximum absolute atomic E-state index is 12.8. The van der Waals surface area contributed by atoms with Gasteiger partial charge < -0.3 is 26.6 Å². The molecule has 2 unspecified atom stereocenters. The molecule has 194 valence electrons. The van der Waals surface area contributed by atoms with Crippen LogP contribution in [0.15, 0.2) is 48.6 Å². The van der Waals surface area contributed by atoms with E-state index in [9.17, 15) is 24.6 Å². The highest BCUT2D eigenvalue weighted by molar-refractivity contribution is 5.94. The van der Waals surface area contributed by atoms with Gasteiger partial charge in [0.25, 0.3) is 0 Å². The number of nitrogens with one attached hydrogen (secondary N) is 2. The lowest BCUT2D eigenvalue weighted by Gasteiger charge is -2.41. The Morgan fingerprint density at radius 2 is 1.89 bits per heavy atom. The largest absolute Gasteiger partial charge is 0.481 e. The van der Waals surface area contributed by atoms with Crippen molar-refractivity contribution in [1.82, 2.24) is 10.6 Å². The number of carboxylic acids is 2. The summed E-state index contributed by atoms with van der Waals surface area (Å²) < 4.78 is 0. The molecule has 0 aromatic heterocycles. The second-order valence-electron chi connectivity index (χ2n) is 10.2. The van der Waals surface area contributed by atoms with Gasteiger partial charge in [-0.15, -0.1) is 0 Å². The minimum atomic E-state index is -1.32. The van der Waals surface area contributed by atoms with Crippen molar-refractivity contribution >= 4 is 23.7 Å². The smallest absolute Gasteiger partial charge is 0.319 e. The summed E-state index contributed by atoms with van der Waals surface area (Å²) in [5, 5.41) is 26.8. The number of primary amides is 1. The van der Waals surface area contributed by atoms with Crippen molar-refractivity contribution in [3.63, 3.8) is 0 Å². The molecule has 1 aromatic carbocycles. The van der Waals surface area contributed by atoms with Crippen molar-refractivity contribution in [1.29, 1.82) is 0 Å². The van der Waals surface area contributed by atoms with Crippen LogP contribution in [0.2, 0.25) is 0 Å². The molecule has 5 atom stereocenters. The summed E-state index contributed by atoms with van der Waals surface area (Å²) in [5.41, 5.74) is 5.78. The van der Waals surface area contributed by atoms with Crippen LogP contribution in [0.3, 0.4) is 0 Å². The molecule has 9 nitrogen and oxygen atoms in total. The van der Waals surface area contributed by atoms with Crippen molar-refractivity contribution in [3.05, 3.63) is 54.1 Å². The van der Waals surface area contributed by atoms with Gasteiger partial charge >= 0.3 is 18.0 Å². The Morgan fingerprint density at radius 3 is 2.53 bits per heavy atom. The summed E-state index contributed by atoms with van der Waals surface area (Å²) in [4.78, 5) is 38.9. The number of carbonyl (C=O) groups excluding carboxylic acids is 1. The van der Waals surface area contributed by atoms with E-state index in [-0.39, 0.29) is 5.92 Å². The maximum atomic E-state index is 12.8. The van der Waals surface area contributed by atoms with Gasteiger partial charge in [0.05, 0.1) is 12.0 Å². The number of carboxylic acid groups (broad SMARTS) is 2. The number of allylic oxidation sites excluding steroid dienone is 2. The number of rotatable bonds is 10. The van der Waals surface area contributed by atoms with E-state index in [1.54, 1.807) is 42.5 Å². The van der Waals surface area contributed by atoms with Gasteiger partial charge in [0.2, 0.25) is 0 Å². The number of hydrogen-bond acceptors (Lipinski definition) is 5. The minimum Gasteiger partial charge on any atom is -0.481 e. The third-order valence-electron chi connectivity index (χ3n) is 8.00. The molecule has 2 heterocycles. The van der Waals surface area contributed by atoms with Gasteiger partial charge in [-0.1, -0.05) is 36.4 Å². The molecule has 2 saturated heterocycles. The fourth-order valence-corrected chi connectivity index (χ4v) is 5.91. The van der Waals surface area contributed by atoms with Crippen LogP contribution in [-0.4, -0.2) is 60.4 Å². The molecule has 4 rings (SSSR count).